The van der Waals surface area contributed by atoms with Crippen LogP contribution in [0.4, 0.5) is 5.13 Å². The van der Waals surface area contributed by atoms with Crippen LogP contribution in [0.5, 0.6) is 0 Å². The fraction of sp³-hybridized carbons (Fsp3) is 0.520. The van der Waals surface area contributed by atoms with Crippen LogP contribution < -0.4 is 4.90 Å². The van der Waals surface area contributed by atoms with Crippen LogP contribution in [-0.4, -0.2) is 59.8 Å². The van der Waals surface area contributed by atoms with Gasteiger partial charge >= 0.3 is 5.97 Å². The maximum atomic E-state index is 11.0. The van der Waals surface area contributed by atoms with Gasteiger partial charge in [0.2, 0.25) is 0 Å². The van der Waals surface area contributed by atoms with Crippen LogP contribution in [-0.2, 0) is 9.53 Å². The van der Waals surface area contributed by atoms with E-state index in [1.807, 2.05) is 30.4 Å². The van der Waals surface area contributed by atoms with E-state index in [9.17, 15) is 4.79 Å². The molecule has 0 amide bonds. The van der Waals surface area contributed by atoms with Crippen molar-refractivity contribution < 1.29 is 14.6 Å². The quantitative estimate of drug-likeness (QED) is 0.394. The lowest BCUT2D eigenvalue weighted by molar-refractivity contribution is -0.136. The zero-order valence-corrected chi connectivity index (χ0v) is 21.5. The van der Waals surface area contributed by atoms with E-state index < -0.39 is 5.97 Å². The summed E-state index contributed by atoms with van der Waals surface area (Å²) >= 11 is 7.80. The van der Waals surface area contributed by atoms with Gasteiger partial charge in [0.15, 0.2) is 5.13 Å². The van der Waals surface area contributed by atoms with Crippen molar-refractivity contribution in [2.75, 3.05) is 31.6 Å². The standard InChI is InChI=1S/C25H34ClN3O3S/c1-5-20(16-28(4)25-27-22-10-9-19(26)15-23(22)33-25)29(17(2)3)11-12-32-21-8-6-7-18(13-21)14-24(30)31/h7,9-10,13,15,17,20H,5-6,8,11-12,14,16H2,1-4H3,(H,30,31). The highest BCUT2D eigenvalue weighted by atomic mass is 35.5. The number of carbonyl (C=O) groups is 1. The second kappa shape index (κ2) is 11.9. The van der Waals surface area contributed by atoms with Crippen LogP contribution >= 0.6 is 22.9 Å². The number of halogens is 1. The normalized spacial score (nSPS) is 15.0. The minimum absolute atomic E-state index is 0.0488. The molecule has 1 aliphatic carbocycles. The molecule has 2 aromatic rings. The molecule has 1 aromatic heterocycles. The number of nitrogens with zero attached hydrogens (tertiary/aromatic N) is 3. The van der Waals surface area contributed by atoms with Gasteiger partial charge in [0.05, 0.1) is 22.4 Å². The van der Waals surface area contributed by atoms with Gasteiger partial charge in [-0.15, -0.1) is 0 Å². The summed E-state index contributed by atoms with van der Waals surface area (Å²) in [6.45, 7) is 8.93. The Labute approximate surface area is 205 Å². The number of benzene rings is 1. The molecule has 0 bridgehead atoms. The van der Waals surface area contributed by atoms with Gasteiger partial charge in [-0.05, 0) is 56.5 Å². The number of hydrogen-bond donors (Lipinski definition) is 1. The van der Waals surface area contributed by atoms with Gasteiger partial charge in [0.25, 0.3) is 0 Å². The molecule has 1 N–H and O–H groups in total. The van der Waals surface area contributed by atoms with Crippen molar-refractivity contribution in [3.63, 3.8) is 0 Å². The molecule has 0 saturated heterocycles. The third kappa shape index (κ3) is 7.19. The fourth-order valence-electron chi connectivity index (χ4n) is 4.21. The Balaban J connectivity index is 1.60. The van der Waals surface area contributed by atoms with Crippen LogP contribution in [0.1, 0.15) is 46.5 Å². The number of thiazole rings is 1. The van der Waals surface area contributed by atoms with E-state index in [4.69, 9.17) is 26.4 Å². The molecule has 1 heterocycles. The monoisotopic (exact) mass is 491 g/mol. The Kier molecular flexibility index (Phi) is 9.18. The Morgan fingerprint density at radius 3 is 2.85 bits per heavy atom. The molecule has 1 aliphatic rings. The summed E-state index contributed by atoms with van der Waals surface area (Å²) in [6.07, 6.45) is 6.60. The van der Waals surface area contributed by atoms with Gasteiger partial charge in [-0.3, -0.25) is 9.69 Å². The lowest BCUT2D eigenvalue weighted by Gasteiger charge is -2.36. The average molecular weight is 492 g/mol. The number of anilines is 1. The van der Waals surface area contributed by atoms with E-state index in [-0.39, 0.29) is 6.42 Å². The molecule has 3 rings (SSSR count). The number of aliphatic carboxylic acids is 1. The second-order valence-electron chi connectivity index (χ2n) is 8.73. The Bertz CT molecular complexity index is 1020. The maximum Gasteiger partial charge on any atom is 0.307 e. The van der Waals surface area contributed by atoms with Crippen molar-refractivity contribution in [1.29, 1.82) is 0 Å². The first-order valence-corrected chi connectivity index (χ1v) is 12.7. The third-order valence-electron chi connectivity index (χ3n) is 5.89. The SMILES string of the molecule is CCC(CN(C)c1nc2ccc(Cl)cc2s1)N(CCOC1=CC(CC(=O)O)=CCC1)C(C)C. The summed E-state index contributed by atoms with van der Waals surface area (Å²) in [4.78, 5) is 20.5. The smallest absolute Gasteiger partial charge is 0.307 e. The van der Waals surface area contributed by atoms with Crippen molar-refractivity contribution in [1.82, 2.24) is 9.88 Å². The Morgan fingerprint density at radius 2 is 2.15 bits per heavy atom. The molecule has 8 heteroatoms. The average Bonchev–Trinajstić information content (AvgIpc) is 3.18. The summed E-state index contributed by atoms with van der Waals surface area (Å²) in [7, 11) is 2.10. The highest BCUT2D eigenvalue weighted by Gasteiger charge is 2.23. The minimum Gasteiger partial charge on any atom is -0.497 e. The summed E-state index contributed by atoms with van der Waals surface area (Å²) in [5.74, 6) is 0.0756. The van der Waals surface area contributed by atoms with Gasteiger partial charge in [-0.2, -0.15) is 0 Å². The largest absolute Gasteiger partial charge is 0.497 e. The molecule has 0 saturated carbocycles. The number of ether oxygens (including phenoxy) is 1. The molecule has 1 unspecified atom stereocenters. The van der Waals surface area contributed by atoms with E-state index in [2.05, 4.69) is 37.6 Å². The van der Waals surface area contributed by atoms with Gasteiger partial charge < -0.3 is 14.7 Å². The molecular formula is C25H34ClN3O3S. The van der Waals surface area contributed by atoms with E-state index >= 15 is 0 Å². The Hall–Kier alpha value is -2.09. The molecule has 33 heavy (non-hydrogen) atoms. The Morgan fingerprint density at radius 1 is 1.36 bits per heavy atom. The number of carboxylic acid groups (broad SMARTS) is 1. The van der Waals surface area contributed by atoms with E-state index in [1.165, 1.54) is 0 Å². The number of rotatable bonds is 12. The van der Waals surface area contributed by atoms with E-state index in [0.717, 1.165) is 64.1 Å². The zero-order valence-electron chi connectivity index (χ0n) is 19.9. The van der Waals surface area contributed by atoms with Crippen LogP contribution in [0.25, 0.3) is 10.2 Å². The number of likely N-dealkylation sites (N-methyl/N-ethyl adjacent to an activating group) is 1. The van der Waals surface area contributed by atoms with Gasteiger partial charge in [0.1, 0.15) is 6.61 Å². The lowest BCUT2D eigenvalue weighted by Crippen LogP contribution is -2.47. The minimum atomic E-state index is -0.809. The molecular weight excluding hydrogens is 458 g/mol. The molecule has 0 aliphatic heterocycles. The van der Waals surface area contributed by atoms with Gasteiger partial charge in [0, 0.05) is 43.7 Å². The maximum absolute atomic E-state index is 11.0. The molecule has 180 valence electrons. The van der Waals surface area contributed by atoms with Crippen molar-refractivity contribution >= 4 is 44.3 Å². The summed E-state index contributed by atoms with van der Waals surface area (Å²) in [5.41, 5.74) is 1.81. The molecule has 0 fully saturated rings. The number of carboxylic acids is 1. The van der Waals surface area contributed by atoms with Crippen molar-refractivity contribution in [2.45, 2.75) is 58.5 Å². The summed E-state index contributed by atoms with van der Waals surface area (Å²) in [5, 5.41) is 10.8. The highest BCUT2D eigenvalue weighted by Crippen LogP contribution is 2.30. The van der Waals surface area contributed by atoms with Crippen molar-refractivity contribution in [3.8, 4) is 0 Å². The van der Waals surface area contributed by atoms with E-state index in [1.54, 1.807) is 11.3 Å². The highest BCUT2D eigenvalue weighted by molar-refractivity contribution is 7.22. The lowest BCUT2D eigenvalue weighted by atomic mass is 10.0. The molecule has 0 radical (unpaired) electrons. The first-order valence-electron chi connectivity index (χ1n) is 11.5. The van der Waals surface area contributed by atoms with Crippen LogP contribution in [0.3, 0.4) is 0 Å². The number of aromatic nitrogens is 1. The first-order chi connectivity index (χ1) is 15.8. The summed E-state index contributed by atoms with van der Waals surface area (Å²) < 4.78 is 7.16. The molecule has 0 spiro atoms. The number of allylic oxidation sites excluding steroid dienone is 3. The number of fused-ring (bicyclic) bond motifs is 1. The van der Waals surface area contributed by atoms with Crippen LogP contribution in [0.2, 0.25) is 5.02 Å². The predicted octanol–water partition coefficient (Wildman–Crippen LogP) is 5.97. The van der Waals surface area contributed by atoms with E-state index in [0.29, 0.717) is 18.7 Å². The number of hydrogen-bond acceptors (Lipinski definition) is 6. The summed E-state index contributed by atoms with van der Waals surface area (Å²) in [6, 6.07) is 6.56. The topological polar surface area (TPSA) is 65.9 Å². The van der Waals surface area contributed by atoms with Crippen molar-refractivity contribution in [2.24, 2.45) is 0 Å². The molecule has 1 aromatic carbocycles. The molecule has 6 nitrogen and oxygen atoms in total. The fourth-order valence-corrected chi connectivity index (χ4v) is 5.42. The van der Waals surface area contributed by atoms with Crippen LogP contribution in [0.15, 0.2) is 41.7 Å². The van der Waals surface area contributed by atoms with Gasteiger partial charge in [-0.25, -0.2) is 4.98 Å². The zero-order chi connectivity index (χ0) is 24.0. The van der Waals surface area contributed by atoms with Gasteiger partial charge in [-0.1, -0.05) is 35.9 Å². The van der Waals surface area contributed by atoms with Crippen molar-refractivity contribution in [3.05, 3.63) is 46.7 Å². The predicted molar refractivity (Wildman–Crippen MR) is 137 cm³/mol. The first kappa shape index (κ1) is 25.5. The second-order valence-corrected chi connectivity index (χ2v) is 10.2. The third-order valence-corrected chi connectivity index (χ3v) is 7.26. The molecule has 1 atom stereocenters. The van der Waals surface area contributed by atoms with Crippen LogP contribution in [0, 0.1) is 0 Å².